The zero-order chi connectivity index (χ0) is 19.8. The molecule has 163 valence electrons. The summed E-state index contributed by atoms with van der Waals surface area (Å²) in [5.74, 6) is 0.838. The molecule has 1 atom stereocenters. The molecule has 1 unspecified atom stereocenters. The molecule has 0 saturated heterocycles. The lowest BCUT2D eigenvalue weighted by atomic mass is 9.99. The Labute approximate surface area is 174 Å². The highest BCUT2D eigenvalue weighted by atomic mass is 14.0. The van der Waals surface area contributed by atoms with Crippen LogP contribution < -0.4 is 0 Å². The van der Waals surface area contributed by atoms with Crippen molar-refractivity contribution in [2.75, 3.05) is 0 Å². The van der Waals surface area contributed by atoms with Crippen LogP contribution in [0, 0.1) is 12.8 Å². The van der Waals surface area contributed by atoms with Crippen molar-refractivity contribution in [3.8, 4) is 0 Å². The summed E-state index contributed by atoms with van der Waals surface area (Å²) in [5.41, 5.74) is 0. The van der Waals surface area contributed by atoms with Crippen molar-refractivity contribution >= 4 is 0 Å². The maximum absolute atomic E-state index is 3.99. The zero-order valence-corrected chi connectivity index (χ0v) is 19.5. The lowest BCUT2D eigenvalue weighted by Gasteiger charge is -2.07. The van der Waals surface area contributed by atoms with Crippen molar-refractivity contribution in [1.29, 1.82) is 0 Å². The summed E-state index contributed by atoms with van der Waals surface area (Å²) in [6, 6.07) is 0. The Balaban J connectivity index is 2.99. The van der Waals surface area contributed by atoms with E-state index in [0.29, 0.717) is 0 Å². The molecule has 0 aliphatic rings. The second-order valence-electron chi connectivity index (χ2n) is 9.25. The Morgan fingerprint density at radius 2 is 0.704 bits per heavy atom. The topological polar surface area (TPSA) is 0 Å². The fourth-order valence-corrected chi connectivity index (χ4v) is 4.07. The van der Waals surface area contributed by atoms with Crippen LogP contribution in [0.1, 0.15) is 162 Å². The van der Waals surface area contributed by atoms with Gasteiger partial charge in [0.25, 0.3) is 0 Å². The van der Waals surface area contributed by atoms with Crippen molar-refractivity contribution in [1.82, 2.24) is 0 Å². The zero-order valence-electron chi connectivity index (χ0n) is 19.5. The van der Waals surface area contributed by atoms with Gasteiger partial charge in [0, 0.05) is 0 Å². The summed E-state index contributed by atoms with van der Waals surface area (Å²) < 4.78 is 0. The van der Waals surface area contributed by atoms with Crippen molar-refractivity contribution < 1.29 is 0 Å². The van der Waals surface area contributed by atoms with Gasteiger partial charge in [0.2, 0.25) is 0 Å². The number of rotatable bonds is 23. The summed E-state index contributed by atoms with van der Waals surface area (Å²) in [6.07, 6.45) is 33.4. The minimum Gasteiger partial charge on any atom is -0.0654 e. The third-order valence-corrected chi connectivity index (χ3v) is 6.29. The summed E-state index contributed by atoms with van der Waals surface area (Å²) in [4.78, 5) is 0. The van der Waals surface area contributed by atoms with Gasteiger partial charge in [-0.1, -0.05) is 168 Å². The highest BCUT2D eigenvalue weighted by molar-refractivity contribution is 4.55. The molecule has 0 spiro atoms. The fraction of sp³-hybridized carbons (Fsp3) is 0.963. The molecule has 0 nitrogen and oxygen atoms in total. The molecule has 0 rings (SSSR count). The monoisotopic (exact) mass is 379 g/mol. The average Bonchev–Trinajstić information content (AvgIpc) is 2.68. The van der Waals surface area contributed by atoms with Gasteiger partial charge in [-0.3, -0.25) is 0 Å². The molecule has 0 aromatic heterocycles. The molecular weight excluding hydrogens is 324 g/mol. The Morgan fingerprint density at radius 3 is 0.963 bits per heavy atom. The number of unbranched alkanes of at least 4 members (excludes halogenated alkanes) is 20. The molecule has 27 heavy (non-hydrogen) atoms. The van der Waals surface area contributed by atoms with Crippen molar-refractivity contribution in [2.24, 2.45) is 5.92 Å². The first-order valence-corrected chi connectivity index (χ1v) is 13.1. The molecule has 0 saturated carbocycles. The van der Waals surface area contributed by atoms with Gasteiger partial charge < -0.3 is 0 Å². The minimum atomic E-state index is 0.838. The van der Waals surface area contributed by atoms with Crippen molar-refractivity contribution in [2.45, 2.75) is 162 Å². The highest BCUT2D eigenvalue weighted by Crippen LogP contribution is 2.16. The summed E-state index contributed by atoms with van der Waals surface area (Å²) in [6.45, 7) is 8.63. The van der Waals surface area contributed by atoms with Crippen LogP contribution in [0.15, 0.2) is 0 Å². The van der Waals surface area contributed by atoms with Gasteiger partial charge >= 0.3 is 0 Å². The van der Waals surface area contributed by atoms with E-state index in [1.807, 2.05) is 0 Å². The van der Waals surface area contributed by atoms with Gasteiger partial charge in [-0.15, -0.1) is 0 Å². The van der Waals surface area contributed by atoms with E-state index in [4.69, 9.17) is 0 Å². The molecule has 0 aliphatic carbocycles. The molecule has 0 aromatic rings. The van der Waals surface area contributed by atoms with E-state index in [1.165, 1.54) is 141 Å². The van der Waals surface area contributed by atoms with E-state index in [0.717, 1.165) is 12.3 Å². The molecule has 0 aromatic carbocycles. The smallest absolute Gasteiger partial charge is 0.0443 e. The first kappa shape index (κ1) is 27.0. The van der Waals surface area contributed by atoms with E-state index >= 15 is 0 Å². The van der Waals surface area contributed by atoms with Crippen LogP contribution in [0.2, 0.25) is 0 Å². The molecule has 0 heteroatoms. The largest absolute Gasteiger partial charge is 0.0654 e. The Hall–Kier alpha value is 0. The van der Waals surface area contributed by atoms with Crippen LogP contribution in [-0.2, 0) is 0 Å². The van der Waals surface area contributed by atoms with Gasteiger partial charge in [-0.2, -0.15) is 0 Å². The van der Waals surface area contributed by atoms with Gasteiger partial charge in [-0.25, -0.2) is 0 Å². The van der Waals surface area contributed by atoms with Gasteiger partial charge in [0.05, 0.1) is 0 Å². The van der Waals surface area contributed by atoms with E-state index in [2.05, 4.69) is 20.8 Å². The Kier molecular flexibility index (Phi) is 24.0. The van der Waals surface area contributed by atoms with Gasteiger partial charge in [-0.05, 0) is 5.92 Å². The maximum atomic E-state index is 3.99. The molecule has 0 heterocycles. The Bertz CT molecular complexity index is 244. The third-order valence-electron chi connectivity index (χ3n) is 6.29. The SMILES string of the molecule is [CH2]CC(C)CCCCCCCCCCCCCCCCCCCCCCC. The maximum Gasteiger partial charge on any atom is -0.0443 e. The summed E-state index contributed by atoms with van der Waals surface area (Å²) >= 11 is 0. The van der Waals surface area contributed by atoms with Gasteiger partial charge in [0.1, 0.15) is 0 Å². The lowest BCUT2D eigenvalue weighted by molar-refractivity contribution is 0.480. The number of hydrogen-bond donors (Lipinski definition) is 0. The van der Waals surface area contributed by atoms with E-state index < -0.39 is 0 Å². The molecule has 1 radical (unpaired) electrons. The third kappa shape index (κ3) is 24.0. The normalized spacial score (nSPS) is 12.6. The fourth-order valence-electron chi connectivity index (χ4n) is 4.07. The molecule has 0 N–H and O–H groups in total. The highest BCUT2D eigenvalue weighted by Gasteiger charge is 1.98. The minimum absolute atomic E-state index is 0.838. The Morgan fingerprint density at radius 1 is 0.444 bits per heavy atom. The molecule has 0 amide bonds. The summed E-state index contributed by atoms with van der Waals surface area (Å²) in [7, 11) is 0. The van der Waals surface area contributed by atoms with Crippen molar-refractivity contribution in [3.05, 3.63) is 6.92 Å². The molecule has 0 bridgehead atoms. The van der Waals surface area contributed by atoms with Gasteiger partial charge in [0.15, 0.2) is 0 Å². The number of hydrogen-bond acceptors (Lipinski definition) is 0. The lowest BCUT2D eigenvalue weighted by Crippen LogP contribution is -1.91. The molecule has 0 fully saturated rings. The van der Waals surface area contributed by atoms with Crippen LogP contribution in [0.4, 0.5) is 0 Å². The second-order valence-corrected chi connectivity index (χ2v) is 9.25. The molecular formula is C27H55. The molecule has 0 aliphatic heterocycles. The first-order valence-electron chi connectivity index (χ1n) is 13.1. The van der Waals surface area contributed by atoms with Crippen LogP contribution in [-0.4, -0.2) is 0 Å². The second kappa shape index (κ2) is 24.0. The van der Waals surface area contributed by atoms with Crippen LogP contribution in [0.3, 0.4) is 0 Å². The van der Waals surface area contributed by atoms with Crippen LogP contribution >= 0.6 is 0 Å². The van der Waals surface area contributed by atoms with Crippen LogP contribution in [0.25, 0.3) is 0 Å². The van der Waals surface area contributed by atoms with Crippen molar-refractivity contribution in [3.63, 3.8) is 0 Å². The standard InChI is InChI=1S/C27H55/c1-4-6-7-8-9-10-11-12-13-14-15-16-17-18-19-20-21-22-23-24-25-26-27(3)5-2/h27H,2,4-26H2,1,3H3. The van der Waals surface area contributed by atoms with Crippen LogP contribution in [0.5, 0.6) is 0 Å². The average molecular weight is 380 g/mol. The van der Waals surface area contributed by atoms with E-state index in [-0.39, 0.29) is 0 Å². The quantitative estimate of drug-likeness (QED) is 0.155. The summed E-state index contributed by atoms with van der Waals surface area (Å²) in [5, 5.41) is 0. The first-order chi connectivity index (χ1) is 13.3. The predicted octanol–water partition coefficient (Wildman–Crippen LogP) is 10.4. The predicted molar refractivity (Wildman–Crippen MR) is 126 cm³/mol. The van der Waals surface area contributed by atoms with E-state index in [9.17, 15) is 0 Å². The van der Waals surface area contributed by atoms with E-state index in [1.54, 1.807) is 0 Å².